The lowest BCUT2D eigenvalue weighted by atomic mass is 10.2. The van der Waals surface area contributed by atoms with Crippen LogP contribution in [0.1, 0.15) is 11.3 Å². The molecule has 0 aliphatic carbocycles. The zero-order valence-electron chi connectivity index (χ0n) is 5.59. The molecule has 0 radical (unpaired) electrons. The predicted octanol–water partition coefficient (Wildman–Crippen LogP) is 0.267. The minimum Gasteiger partial charge on any atom is -0.384 e. The number of hydrogen-bond donors (Lipinski definition) is 2. The standard InChI is InChI=1S/C7H9N3/c8-7-2-1-5-3-9-4-6(5)10-7/h1-2,9H,3-4H2,(H2,8,10). The Morgan fingerprint density at radius 3 is 3.20 bits per heavy atom. The first-order valence-corrected chi connectivity index (χ1v) is 3.31. The van der Waals surface area contributed by atoms with Gasteiger partial charge in [0.25, 0.3) is 0 Å². The van der Waals surface area contributed by atoms with Crippen LogP contribution in [0.25, 0.3) is 0 Å². The number of nitrogens with zero attached hydrogens (tertiary/aromatic N) is 1. The lowest BCUT2D eigenvalue weighted by Gasteiger charge is -1.95. The summed E-state index contributed by atoms with van der Waals surface area (Å²) in [5, 5.41) is 3.20. The molecule has 1 aromatic rings. The zero-order valence-corrected chi connectivity index (χ0v) is 5.59. The molecule has 2 heterocycles. The molecule has 1 aromatic heterocycles. The number of nitrogens with one attached hydrogen (secondary N) is 1. The highest BCUT2D eigenvalue weighted by Crippen LogP contribution is 2.13. The fourth-order valence-electron chi connectivity index (χ4n) is 1.18. The Balaban J connectivity index is 2.52. The van der Waals surface area contributed by atoms with Crippen LogP contribution in [0.5, 0.6) is 0 Å². The Kier molecular flexibility index (Phi) is 1.11. The second-order valence-electron chi connectivity index (χ2n) is 2.45. The van der Waals surface area contributed by atoms with Gasteiger partial charge in [-0.15, -0.1) is 0 Å². The van der Waals surface area contributed by atoms with E-state index in [0.29, 0.717) is 5.82 Å². The fourth-order valence-corrected chi connectivity index (χ4v) is 1.18. The van der Waals surface area contributed by atoms with Crippen molar-refractivity contribution in [2.24, 2.45) is 0 Å². The average molecular weight is 135 g/mol. The van der Waals surface area contributed by atoms with E-state index >= 15 is 0 Å². The lowest BCUT2D eigenvalue weighted by Crippen LogP contribution is -2.00. The van der Waals surface area contributed by atoms with Gasteiger partial charge in [-0.3, -0.25) is 0 Å². The number of nitrogens with two attached hydrogens (primary N) is 1. The average Bonchev–Trinajstić information content (AvgIpc) is 2.33. The van der Waals surface area contributed by atoms with Crippen molar-refractivity contribution < 1.29 is 0 Å². The summed E-state index contributed by atoms with van der Waals surface area (Å²) in [5.74, 6) is 0.613. The van der Waals surface area contributed by atoms with Crippen molar-refractivity contribution in [3.63, 3.8) is 0 Å². The van der Waals surface area contributed by atoms with E-state index in [2.05, 4.69) is 10.3 Å². The second-order valence-corrected chi connectivity index (χ2v) is 2.45. The van der Waals surface area contributed by atoms with Gasteiger partial charge in [-0.2, -0.15) is 0 Å². The van der Waals surface area contributed by atoms with Gasteiger partial charge in [0, 0.05) is 13.1 Å². The smallest absolute Gasteiger partial charge is 0.123 e. The van der Waals surface area contributed by atoms with Crippen LogP contribution >= 0.6 is 0 Å². The molecule has 52 valence electrons. The summed E-state index contributed by atoms with van der Waals surface area (Å²) in [6, 6.07) is 3.86. The highest BCUT2D eigenvalue weighted by Gasteiger charge is 2.09. The molecule has 3 N–H and O–H groups in total. The Labute approximate surface area is 59.3 Å². The molecule has 0 fully saturated rings. The van der Waals surface area contributed by atoms with Gasteiger partial charge in [0.1, 0.15) is 5.82 Å². The van der Waals surface area contributed by atoms with E-state index in [1.165, 1.54) is 5.56 Å². The maximum atomic E-state index is 5.49. The molecule has 1 aliphatic heterocycles. The quantitative estimate of drug-likeness (QED) is 0.536. The van der Waals surface area contributed by atoms with Gasteiger partial charge in [0.05, 0.1) is 5.69 Å². The van der Waals surface area contributed by atoms with Crippen molar-refractivity contribution >= 4 is 5.82 Å². The van der Waals surface area contributed by atoms with Crippen molar-refractivity contribution in [1.29, 1.82) is 0 Å². The van der Waals surface area contributed by atoms with E-state index in [1.807, 2.05) is 12.1 Å². The fraction of sp³-hybridized carbons (Fsp3) is 0.286. The minimum absolute atomic E-state index is 0.613. The van der Waals surface area contributed by atoms with Gasteiger partial charge >= 0.3 is 0 Å². The summed E-state index contributed by atoms with van der Waals surface area (Å²) in [7, 11) is 0. The third kappa shape index (κ3) is 0.752. The van der Waals surface area contributed by atoms with Crippen LogP contribution in [0.3, 0.4) is 0 Å². The van der Waals surface area contributed by atoms with E-state index in [4.69, 9.17) is 5.73 Å². The van der Waals surface area contributed by atoms with Crippen LogP contribution in [-0.2, 0) is 13.1 Å². The highest BCUT2D eigenvalue weighted by atomic mass is 15.0. The van der Waals surface area contributed by atoms with Crippen molar-refractivity contribution in [3.05, 3.63) is 23.4 Å². The first-order valence-electron chi connectivity index (χ1n) is 3.31. The Morgan fingerprint density at radius 1 is 1.40 bits per heavy atom. The third-order valence-electron chi connectivity index (χ3n) is 1.70. The summed E-state index contributed by atoms with van der Waals surface area (Å²) in [6.45, 7) is 1.79. The minimum atomic E-state index is 0.613. The molecule has 0 atom stereocenters. The van der Waals surface area contributed by atoms with Gasteiger partial charge in [0.15, 0.2) is 0 Å². The summed E-state index contributed by atoms with van der Waals surface area (Å²) >= 11 is 0. The monoisotopic (exact) mass is 135 g/mol. The number of fused-ring (bicyclic) bond motifs is 1. The molecular weight excluding hydrogens is 126 g/mol. The summed E-state index contributed by atoms with van der Waals surface area (Å²) in [4.78, 5) is 4.17. The lowest BCUT2D eigenvalue weighted by molar-refractivity contribution is 0.758. The van der Waals surface area contributed by atoms with Crippen LogP contribution in [0.15, 0.2) is 12.1 Å². The summed E-state index contributed by atoms with van der Waals surface area (Å²) in [6.07, 6.45) is 0. The van der Waals surface area contributed by atoms with Crippen molar-refractivity contribution in [2.75, 3.05) is 5.73 Å². The molecule has 3 heteroatoms. The molecule has 0 aromatic carbocycles. The summed E-state index contributed by atoms with van der Waals surface area (Å²) in [5.41, 5.74) is 7.86. The van der Waals surface area contributed by atoms with Crippen LogP contribution in [0, 0.1) is 0 Å². The van der Waals surface area contributed by atoms with Gasteiger partial charge in [-0.25, -0.2) is 4.98 Å². The zero-order chi connectivity index (χ0) is 6.97. The van der Waals surface area contributed by atoms with Crippen LogP contribution < -0.4 is 11.1 Å². The predicted molar refractivity (Wildman–Crippen MR) is 39.2 cm³/mol. The van der Waals surface area contributed by atoms with Crippen LogP contribution in [-0.4, -0.2) is 4.98 Å². The molecule has 0 bridgehead atoms. The Hall–Kier alpha value is -1.09. The molecule has 2 rings (SSSR count). The van der Waals surface area contributed by atoms with E-state index < -0.39 is 0 Å². The molecule has 10 heavy (non-hydrogen) atoms. The number of hydrogen-bond acceptors (Lipinski definition) is 3. The molecule has 1 aliphatic rings. The molecule has 0 amide bonds. The number of rotatable bonds is 0. The maximum Gasteiger partial charge on any atom is 0.123 e. The normalized spacial score (nSPS) is 15.2. The molecule has 0 saturated heterocycles. The number of pyridine rings is 1. The van der Waals surface area contributed by atoms with E-state index in [0.717, 1.165) is 18.8 Å². The van der Waals surface area contributed by atoms with Crippen LogP contribution in [0.4, 0.5) is 5.82 Å². The molecule has 0 saturated carbocycles. The van der Waals surface area contributed by atoms with Gasteiger partial charge in [-0.05, 0) is 11.6 Å². The Morgan fingerprint density at radius 2 is 2.30 bits per heavy atom. The number of aromatic nitrogens is 1. The number of anilines is 1. The van der Waals surface area contributed by atoms with Gasteiger partial charge in [0.2, 0.25) is 0 Å². The molecular formula is C7H9N3. The first-order chi connectivity index (χ1) is 4.86. The summed E-state index contributed by atoms with van der Waals surface area (Å²) < 4.78 is 0. The SMILES string of the molecule is Nc1ccc2c(n1)CNC2. The third-order valence-corrected chi connectivity index (χ3v) is 1.70. The van der Waals surface area contributed by atoms with Crippen LogP contribution in [0.2, 0.25) is 0 Å². The van der Waals surface area contributed by atoms with Crippen molar-refractivity contribution in [2.45, 2.75) is 13.1 Å². The van der Waals surface area contributed by atoms with E-state index in [1.54, 1.807) is 0 Å². The largest absolute Gasteiger partial charge is 0.384 e. The van der Waals surface area contributed by atoms with E-state index in [9.17, 15) is 0 Å². The van der Waals surface area contributed by atoms with E-state index in [-0.39, 0.29) is 0 Å². The van der Waals surface area contributed by atoms with Crippen molar-refractivity contribution in [1.82, 2.24) is 10.3 Å². The topological polar surface area (TPSA) is 50.9 Å². The highest BCUT2D eigenvalue weighted by molar-refractivity contribution is 5.35. The van der Waals surface area contributed by atoms with Crippen molar-refractivity contribution in [3.8, 4) is 0 Å². The maximum absolute atomic E-state index is 5.49. The van der Waals surface area contributed by atoms with Gasteiger partial charge < -0.3 is 11.1 Å². The molecule has 0 unspecified atom stereocenters. The first kappa shape index (κ1) is 5.68. The molecule has 3 nitrogen and oxygen atoms in total. The Bertz CT molecular complexity index is 257. The second kappa shape index (κ2) is 1.95. The number of nitrogen functional groups attached to an aromatic ring is 1. The molecule has 0 spiro atoms. The van der Waals surface area contributed by atoms with Gasteiger partial charge in [-0.1, -0.05) is 6.07 Å².